The van der Waals surface area contributed by atoms with E-state index >= 15 is 0 Å². The minimum absolute atomic E-state index is 0.480. The van der Waals surface area contributed by atoms with Crippen LogP contribution in [0.4, 0.5) is 0 Å². The van der Waals surface area contributed by atoms with Crippen LogP contribution in [-0.2, 0) is 11.2 Å². The van der Waals surface area contributed by atoms with Crippen LogP contribution in [0.25, 0.3) is 0 Å². The van der Waals surface area contributed by atoms with Gasteiger partial charge in [-0.25, -0.2) is 0 Å². The van der Waals surface area contributed by atoms with Crippen molar-refractivity contribution in [2.24, 2.45) is 0 Å². The second-order valence-corrected chi connectivity index (χ2v) is 4.20. The van der Waals surface area contributed by atoms with Crippen LogP contribution < -0.4 is 4.74 Å². The van der Waals surface area contributed by atoms with Crippen LogP contribution in [-0.4, -0.2) is 24.9 Å². The Bertz CT molecular complexity index is 398. The number of aliphatic hydroxyl groups is 1. The minimum atomic E-state index is -0.480. The lowest BCUT2D eigenvalue weighted by Gasteiger charge is -2.19. The fourth-order valence-corrected chi connectivity index (χ4v) is 2.04. The van der Waals surface area contributed by atoms with Crippen LogP contribution in [0, 0.1) is 0 Å². The normalized spacial score (nSPS) is 16.9. The molecule has 17 heavy (non-hydrogen) atoms. The molecular formula is C14H18O3. The van der Waals surface area contributed by atoms with E-state index in [4.69, 9.17) is 9.47 Å². The molecule has 92 valence electrons. The Morgan fingerprint density at radius 1 is 1.41 bits per heavy atom. The molecule has 0 bridgehead atoms. The monoisotopic (exact) mass is 234 g/mol. The van der Waals surface area contributed by atoms with E-state index in [1.165, 1.54) is 0 Å². The van der Waals surface area contributed by atoms with Crippen LogP contribution in [0.15, 0.2) is 36.1 Å². The van der Waals surface area contributed by atoms with Gasteiger partial charge in [-0.05, 0) is 30.0 Å². The molecule has 0 fully saturated rings. The Morgan fingerprint density at radius 2 is 2.24 bits per heavy atom. The van der Waals surface area contributed by atoms with E-state index in [2.05, 4.69) is 0 Å². The van der Waals surface area contributed by atoms with Gasteiger partial charge in [0.05, 0.1) is 26.1 Å². The molecule has 1 aliphatic heterocycles. The molecule has 0 spiro atoms. The number of hydrogen-bond donors (Lipinski definition) is 1. The third-order valence-electron chi connectivity index (χ3n) is 3.00. The summed E-state index contributed by atoms with van der Waals surface area (Å²) in [4.78, 5) is 0. The van der Waals surface area contributed by atoms with E-state index in [0.29, 0.717) is 6.42 Å². The molecule has 0 radical (unpaired) electrons. The number of rotatable bonds is 4. The number of benzene rings is 1. The minimum Gasteiger partial charge on any atom is -0.501 e. The van der Waals surface area contributed by atoms with Crippen molar-refractivity contribution < 1.29 is 14.6 Å². The molecule has 0 saturated carbocycles. The van der Waals surface area contributed by atoms with Crippen molar-refractivity contribution >= 4 is 0 Å². The molecule has 0 saturated heterocycles. The first kappa shape index (κ1) is 12.0. The zero-order chi connectivity index (χ0) is 12.1. The lowest BCUT2D eigenvalue weighted by atomic mass is 9.98. The molecule has 1 aliphatic rings. The van der Waals surface area contributed by atoms with Gasteiger partial charge in [-0.15, -0.1) is 0 Å². The highest BCUT2D eigenvalue weighted by atomic mass is 16.5. The highest BCUT2D eigenvalue weighted by molar-refractivity contribution is 5.34. The second-order valence-electron chi connectivity index (χ2n) is 4.20. The summed E-state index contributed by atoms with van der Waals surface area (Å²) in [5, 5.41) is 10.1. The predicted octanol–water partition coefficient (Wildman–Crippen LogP) is 2.29. The van der Waals surface area contributed by atoms with Crippen molar-refractivity contribution in [2.75, 3.05) is 13.7 Å². The SMILES string of the molecule is COc1ccccc1CC(O)C1=COCCC1. The zero-order valence-electron chi connectivity index (χ0n) is 10.1. The van der Waals surface area contributed by atoms with E-state index in [1.807, 2.05) is 24.3 Å². The summed E-state index contributed by atoms with van der Waals surface area (Å²) in [5.74, 6) is 0.823. The third kappa shape index (κ3) is 3.01. The Balaban J connectivity index is 2.06. The average molecular weight is 234 g/mol. The second kappa shape index (κ2) is 5.73. The van der Waals surface area contributed by atoms with E-state index in [-0.39, 0.29) is 0 Å². The van der Waals surface area contributed by atoms with Gasteiger partial charge < -0.3 is 14.6 Å². The highest BCUT2D eigenvalue weighted by Gasteiger charge is 2.16. The van der Waals surface area contributed by atoms with Gasteiger partial charge in [0.2, 0.25) is 0 Å². The van der Waals surface area contributed by atoms with Crippen molar-refractivity contribution in [3.63, 3.8) is 0 Å². The summed E-state index contributed by atoms with van der Waals surface area (Å²) in [7, 11) is 1.65. The Hall–Kier alpha value is -1.48. The molecule has 0 aromatic heterocycles. The van der Waals surface area contributed by atoms with Crippen LogP contribution in [0.1, 0.15) is 18.4 Å². The summed E-state index contributed by atoms with van der Waals surface area (Å²) in [5.41, 5.74) is 2.00. The van der Waals surface area contributed by atoms with Crippen LogP contribution in [0.2, 0.25) is 0 Å². The maximum absolute atomic E-state index is 10.1. The summed E-state index contributed by atoms with van der Waals surface area (Å²) in [6.45, 7) is 0.755. The van der Waals surface area contributed by atoms with Gasteiger partial charge in [0, 0.05) is 6.42 Å². The smallest absolute Gasteiger partial charge is 0.122 e. The van der Waals surface area contributed by atoms with Gasteiger partial charge in [-0.2, -0.15) is 0 Å². The molecule has 0 amide bonds. The molecule has 2 rings (SSSR count). The van der Waals surface area contributed by atoms with E-state index in [0.717, 1.165) is 36.3 Å². The first-order valence-corrected chi connectivity index (χ1v) is 5.92. The van der Waals surface area contributed by atoms with Gasteiger partial charge in [0.1, 0.15) is 5.75 Å². The molecule has 1 atom stereocenters. The van der Waals surface area contributed by atoms with E-state index in [1.54, 1.807) is 13.4 Å². The fraction of sp³-hybridized carbons (Fsp3) is 0.429. The lowest BCUT2D eigenvalue weighted by molar-refractivity contribution is 0.168. The molecule has 1 heterocycles. The van der Waals surface area contributed by atoms with Crippen molar-refractivity contribution in [2.45, 2.75) is 25.4 Å². The van der Waals surface area contributed by atoms with E-state index < -0.39 is 6.10 Å². The Morgan fingerprint density at radius 3 is 2.94 bits per heavy atom. The zero-order valence-corrected chi connectivity index (χ0v) is 10.1. The molecule has 3 nitrogen and oxygen atoms in total. The summed E-state index contributed by atoms with van der Waals surface area (Å²) < 4.78 is 10.5. The first-order chi connectivity index (χ1) is 8.31. The predicted molar refractivity (Wildman–Crippen MR) is 66.0 cm³/mol. The quantitative estimate of drug-likeness (QED) is 0.868. The molecule has 0 aliphatic carbocycles. The van der Waals surface area contributed by atoms with E-state index in [9.17, 15) is 5.11 Å². The number of aliphatic hydroxyl groups excluding tert-OH is 1. The summed E-state index contributed by atoms with van der Waals surface area (Å²) in [6, 6.07) is 7.77. The standard InChI is InChI=1S/C14H18O3/c1-16-14-7-3-2-5-11(14)9-13(15)12-6-4-8-17-10-12/h2-3,5,7,10,13,15H,4,6,8-9H2,1H3. The van der Waals surface area contributed by atoms with Crippen LogP contribution in [0.5, 0.6) is 5.75 Å². The molecule has 1 aromatic rings. The summed E-state index contributed by atoms with van der Waals surface area (Å²) >= 11 is 0. The summed E-state index contributed by atoms with van der Waals surface area (Å²) in [6.07, 6.45) is 3.68. The molecule has 1 unspecified atom stereocenters. The molecule has 3 heteroatoms. The topological polar surface area (TPSA) is 38.7 Å². The van der Waals surface area contributed by atoms with Gasteiger partial charge >= 0.3 is 0 Å². The van der Waals surface area contributed by atoms with Crippen molar-refractivity contribution in [3.05, 3.63) is 41.7 Å². The van der Waals surface area contributed by atoms with Gasteiger partial charge in [-0.3, -0.25) is 0 Å². The average Bonchev–Trinajstić information content (AvgIpc) is 2.40. The van der Waals surface area contributed by atoms with Crippen molar-refractivity contribution in [1.29, 1.82) is 0 Å². The first-order valence-electron chi connectivity index (χ1n) is 5.92. The largest absolute Gasteiger partial charge is 0.501 e. The number of ether oxygens (including phenoxy) is 2. The number of para-hydroxylation sites is 1. The van der Waals surface area contributed by atoms with Crippen LogP contribution in [0.3, 0.4) is 0 Å². The van der Waals surface area contributed by atoms with Gasteiger partial charge in [-0.1, -0.05) is 18.2 Å². The lowest BCUT2D eigenvalue weighted by Crippen LogP contribution is -2.17. The van der Waals surface area contributed by atoms with Gasteiger partial charge in [0.15, 0.2) is 0 Å². The third-order valence-corrected chi connectivity index (χ3v) is 3.00. The molecular weight excluding hydrogens is 216 g/mol. The van der Waals surface area contributed by atoms with Crippen LogP contribution >= 0.6 is 0 Å². The number of methoxy groups -OCH3 is 1. The fourth-order valence-electron chi connectivity index (χ4n) is 2.04. The maximum Gasteiger partial charge on any atom is 0.122 e. The number of hydrogen-bond acceptors (Lipinski definition) is 3. The molecule has 1 aromatic carbocycles. The highest BCUT2D eigenvalue weighted by Crippen LogP contribution is 2.23. The Labute approximate surface area is 102 Å². The molecule has 1 N–H and O–H groups in total. The Kier molecular flexibility index (Phi) is 4.04. The maximum atomic E-state index is 10.1. The van der Waals surface area contributed by atoms with Gasteiger partial charge in [0.25, 0.3) is 0 Å². The van der Waals surface area contributed by atoms with Crippen molar-refractivity contribution in [1.82, 2.24) is 0 Å². The van der Waals surface area contributed by atoms with Crippen molar-refractivity contribution in [3.8, 4) is 5.75 Å².